The molecule has 0 N–H and O–H groups in total. The van der Waals surface area contributed by atoms with Gasteiger partial charge in [0.15, 0.2) is 0 Å². The minimum atomic E-state index is 0.142. The lowest BCUT2D eigenvalue weighted by Crippen LogP contribution is -2.13. The van der Waals surface area contributed by atoms with E-state index in [1.807, 2.05) is 6.08 Å². The van der Waals surface area contributed by atoms with Crippen LogP contribution < -0.4 is 0 Å². The van der Waals surface area contributed by atoms with Gasteiger partial charge in [-0.05, 0) is 22.1 Å². The van der Waals surface area contributed by atoms with E-state index in [-0.39, 0.29) is 5.41 Å². The van der Waals surface area contributed by atoms with Crippen molar-refractivity contribution < 1.29 is 0 Å². The van der Waals surface area contributed by atoms with Crippen LogP contribution in [0.15, 0.2) is 24.8 Å². The van der Waals surface area contributed by atoms with Crippen LogP contribution in [0.1, 0.15) is 37.5 Å². The zero-order valence-electron chi connectivity index (χ0n) is 9.10. The summed E-state index contributed by atoms with van der Waals surface area (Å²) >= 11 is 5.91. The Balaban J connectivity index is 3.29. The Morgan fingerprint density at radius 2 is 2.00 bits per heavy atom. The van der Waals surface area contributed by atoms with E-state index in [4.69, 9.17) is 11.6 Å². The molecule has 0 nitrogen and oxygen atoms in total. The van der Waals surface area contributed by atoms with Crippen LogP contribution in [0.3, 0.4) is 0 Å². The molecule has 0 bridgehead atoms. The highest BCUT2D eigenvalue weighted by molar-refractivity contribution is 6.17. The summed E-state index contributed by atoms with van der Waals surface area (Å²) < 4.78 is 0. The number of rotatable bonds is 2. The molecule has 0 unspecified atom stereocenters. The second kappa shape index (κ2) is 4.18. The Labute approximate surface area is 91.6 Å². The van der Waals surface area contributed by atoms with Crippen molar-refractivity contribution in [2.45, 2.75) is 32.1 Å². The molecule has 0 aliphatic carbocycles. The number of alkyl halides is 1. The number of hydrogen-bond acceptors (Lipinski definition) is 0. The molecule has 76 valence electrons. The van der Waals surface area contributed by atoms with E-state index < -0.39 is 0 Å². The lowest BCUT2D eigenvalue weighted by Gasteiger charge is -2.22. The third kappa shape index (κ3) is 2.39. The van der Waals surface area contributed by atoms with Crippen molar-refractivity contribution in [1.29, 1.82) is 0 Å². The van der Waals surface area contributed by atoms with Gasteiger partial charge in [0.25, 0.3) is 0 Å². The molecule has 0 saturated heterocycles. The van der Waals surface area contributed by atoms with Crippen molar-refractivity contribution in [2.75, 3.05) is 0 Å². The fourth-order valence-corrected chi connectivity index (χ4v) is 1.77. The van der Waals surface area contributed by atoms with Crippen LogP contribution in [-0.4, -0.2) is 0 Å². The molecule has 0 radical (unpaired) electrons. The van der Waals surface area contributed by atoms with E-state index in [1.165, 1.54) is 11.1 Å². The first kappa shape index (κ1) is 11.3. The normalized spacial score (nSPS) is 11.4. The fraction of sp³-hybridized carbons (Fsp3) is 0.385. The van der Waals surface area contributed by atoms with Gasteiger partial charge in [-0.2, -0.15) is 0 Å². The van der Waals surface area contributed by atoms with Gasteiger partial charge in [0, 0.05) is 5.88 Å². The van der Waals surface area contributed by atoms with Crippen LogP contribution in [0.25, 0.3) is 6.08 Å². The summed E-state index contributed by atoms with van der Waals surface area (Å²) in [6, 6.07) is 6.31. The first-order chi connectivity index (χ1) is 6.49. The molecule has 0 heterocycles. The van der Waals surface area contributed by atoms with E-state index in [0.717, 1.165) is 5.56 Å². The van der Waals surface area contributed by atoms with Gasteiger partial charge in [-0.15, -0.1) is 11.6 Å². The van der Waals surface area contributed by atoms with Gasteiger partial charge < -0.3 is 0 Å². The van der Waals surface area contributed by atoms with Gasteiger partial charge in [0.05, 0.1) is 0 Å². The van der Waals surface area contributed by atoms with Gasteiger partial charge in [-0.1, -0.05) is 51.6 Å². The number of benzene rings is 1. The summed E-state index contributed by atoms with van der Waals surface area (Å²) in [6.45, 7) is 10.4. The van der Waals surface area contributed by atoms with Crippen LogP contribution in [-0.2, 0) is 11.3 Å². The summed E-state index contributed by atoms with van der Waals surface area (Å²) in [5.41, 5.74) is 3.82. The van der Waals surface area contributed by atoms with Gasteiger partial charge in [-0.25, -0.2) is 0 Å². The molecule has 1 aromatic rings. The Morgan fingerprint density at radius 1 is 1.36 bits per heavy atom. The standard InChI is InChI=1S/C13H17Cl/c1-5-10-6-7-11(9-14)12(8-10)13(2,3)4/h5-8H,1,9H2,2-4H3. The first-order valence-corrected chi connectivity index (χ1v) is 5.34. The zero-order chi connectivity index (χ0) is 10.8. The van der Waals surface area contributed by atoms with Crippen LogP contribution >= 0.6 is 11.6 Å². The number of halogens is 1. The maximum absolute atomic E-state index is 5.91. The third-order valence-electron chi connectivity index (χ3n) is 2.32. The van der Waals surface area contributed by atoms with Crippen molar-refractivity contribution in [3.05, 3.63) is 41.5 Å². The maximum Gasteiger partial charge on any atom is 0.0477 e. The Kier molecular flexibility index (Phi) is 3.38. The fourth-order valence-electron chi connectivity index (χ4n) is 1.54. The van der Waals surface area contributed by atoms with Crippen molar-refractivity contribution >= 4 is 17.7 Å². The molecule has 1 rings (SSSR count). The summed E-state index contributed by atoms with van der Waals surface area (Å²) in [5.74, 6) is 0.573. The van der Waals surface area contributed by atoms with Gasteiger partial charge in [0.2, 0.25) is 0 Å². The number of hydrogen-bond donors (Lipinski definition) is 0. The highest BCUT2D eigenvalue weighted by Crippen LogP contribution is 2.28. The molecule has 0 aromatic heterocycles. The van der Waals surface area contributed by atoms with Gasteiger partial charge in [-0.3, -0.25) is 0 Å². The molecule has 14 heavy (non-hydrogen) atoms. The van der Waals surface area contributed by atoms with Crippen LogP contribution in [0.2, 0.25) is 0 Å². The molecule has 0 atom stereocenters. The second-order valence-electron chi connectivity index (χ2n) is 4.50. The first-order valence-electron chi connectivity index (χ1n) is 4.81. The zero-order valence-corrected chi connectivity index (χ0v) is 9.86. The van der Waals surface area contributed by atoms with Crippen LogP contribution in [0.4, 0.5) is 0 Å². The van der Waals surface area contributed by atoms with E-state index in [2.05, 4.69) is 45.5 Å². The predicted molar refractivity (Wildman–Crippen MR) is 64.8 cm³/mol. The third-order valence-corrected chi connectivity index (χ3v) is 2.61. The Morgan fingerprint density at radius 3 is 2.43 bits per heavy atom. The van der Waals surface area contributed by atoms with Crippen LogP contribution in [0, 0.1) is 0 Å². The van der Waals surface area contributed by atoms with Crippen molar-refractivity contribution in [1.82, 2.24) is 0 Å². The highest BCUT2D eigenvalue weighted by Gasteiger charge is 2.17. The molecule has 0 spiro atoms. The quantitative estimate of drug-likeness (QED) is 0.634. The Bertz CT molecular complexity index is 332. The second-order valence-corrected chi connectivity index (χ2v) is 4.77. The van der Waals surface area contributed by atoms with E-state index in [1.54, 1.807) is 0 Å². The van der Waals surface area contributed by atoms with E-state index in [0.29, 0.717) is 5.88 Å². The summed E-state index contributed by atoms with van der Waals surface area (Å²) in [4.78, 5) is 0. The minimum absolute atomic E-state index is 0.142. The molecule has 0 saturated carbocycles. The molecule has 0 aliphatic rings. The average molecular weight is 209 g/mol. The van der Waals surface area contributed by atoms with Crippen LogP contribution in [0.5, 0.6) is 0 Å². The molecule has 0 fully saturated rings. The minimum Gasteiger partial charge on any atom is -0.122 e. The topological polar surface area (TPSA) is 0 Å². The lowest BCUT2D eigenvalue weighted by molar-refractivity contribution is 0.585. The average Bonchev–Trinajstić information content (AvgIpc) is 2.15. The van der Waals surface area contributed by atoms with Gasteiger partial charge >= 0.3 is 0 Å². The molecule has 1 aromatic carbocycles. The lowest BCUT2D eigenvalue weighted by atomic mass is 9.83. The van der Waals surface area contributed by atoms with Crippen molar-refractivity contribution in [3.63, 3.8) is 0 Å². The van der Waals surface area contributed by atoms with Crippen molar-refractivity contribution in [3.8, 4) is 0 Å². The van der Waals surface area contributed by atoms with E-state index in [9.17, 15) is 0 Å². The van der Waals surface area contributed by atoms with E-state index >= 15 is 0 Å². The SMILES string of the molecule is C=Cc1ccc(CCl)c(C(C)(C)C)c1. The maximum atomic E-state index is 5.91. The highest BCUT2D eigenvalue weighted by atomic mass is 35.5. The molecule has 0 amide bonds. The monoisotopic (exact) mass is 208 g/mol. The van der Waals surface area contributed by atoms with Crippen molar-refractivity contribution in [2.24, 2.45) is 0 Å². The largest absolute Gasteiger partial charge is 0.122 e. The molecule has 0 aliphatic heterocycles. The molecular weight excluding hydrogens is 192 g/mol. The predicted octanol–water partition coefficient (Wildman–Crippen LogP) is 4.37. The summed E-state index contributed by atoms with van der Waals surface area (Å²) in [6.07, 6.45) is 1.87. The summed E-state index contributed by atoms with van der Waals surface area (Å²) in [5, 5.41) is 0. The van der Waals surface area contributed by atoms with Gasteiger partial charge in [0.1, 0.15) is 0 Å². The molecular formula is C13H17Cl. The summed E-state index contributed by atoms with van der Waals surface area (Å²) in [7, 11) is 0. The molecule has 1 heteroatoms. The Hall–Kier alpha value is -0.750. The smallest absolute Gasteiger partial charge is 0.0477 e.